The summed E-state index contributed by atoms with van der Waals surface area (Å²) in [6, 6.07) is 13.6. The highest BCUT2D eigenvalue weighted by Gasteiger charge is 2.12. The van der Waals surface area contributed by atoms with E-state index >= 15 is 0 Å². The van der Waals surface area contributed by atoms with E-state index in [1.54, 1.807) is 11.6 Å². The van der Waals surface area contributed by atoms with Crippen molar-refractivity contribution < 1.29 is 4.79 Å². The number of thiazole rings is 1. The van der Waals surface area contributed by atoms with Gasteiger partial charge in [-0.15, -0.1) is 11.3 Å². The molecule has 3 heterocycles. The van der Waals surface area contributed by atoms with Gasteiger partial charge in [-0.3, -0.25) is 9.89 Å². The van der Waals surface area contributed by atoms with E-state index in [0.717, 1.165) is 27.5 Å². The summed E-state index contributed by atoms with van der Waals surface area (Å²) in [5, 5.41) is 17.4. The fraction of sp³-hybridized carbons (Fsp3) is 0. The first kappa shape index (κ1) is 15.6. The van der Waals surface area contributed by atoms with E-state index in [4.69, 9.17) is 0 Å². The monoisotopic (exact) mass is 374 g/mol. The van der Waals surface area contributed by atoms with Crippen LogP contribution in [0.1, 0.15) is 10.5 Å². The number of nitrogens with one attached hydrogen (secondary N) is 4. The van der Waals surface area contributed by atoms with Gasteiger partial charge < -0.3 is 15.6 Å². The van der Waals surface area contributed by atoms with Crippen molar-refractivity contribution in [3.63, 3.8) is 0 Å². The fourth-order valence-electron chi connectivity index (χ4n) is 2.91. The highest BCUT2D eigenvalue weighted by molar-refractivity contribution is 7.14. The van der Waals surface area contributed by atoms with Gasteiger partial charge in [-0.05, 0) is 42.5 Å². The lowest BCUT2D eigenvalue weighted by Crippen LogP contribution is -2.12. The second-order valence-electron chi connectivity index (χ2n) is 6.07. The largest absolute Gasteiger partial charge is 0.361 e. The second-order valence-corrected chi connectivity index (χ2v) is 6.93. The van der Waals surface area contributed by atoms with Crippen molar-refractivity contribution in [1.82, 2.24) is 20.2 Å². The standard InChI is InChI=1S/C19H14N6OS/c26-18(22-13-2-4-16-12(8-13)9-21-25-16)17-10-27-19(24-17)23-14-1-3-15-11(7-14)5-6-20-15/h1-10,20H,(H,21,25)(H,22,26)(H,23,24). The Kier molecular flexibility index (Phi) is 3.61. The summed E-state index contributed by atoms with van der Waals surface area (Å²) in [6.45, 7) is 0. The summed E-state index contributed by atoms with van der Waals surface area (Å²) in [4.78, 5) is 20.0. The quantitative estimate of drug-likeness (QED) is 0.372. The molecule has 0 aliphatic heterocycles. The number of hydrogen-bond acceptors (Lipinski definition) is 5. The van der Waals surface area contributed by atoms with Gasteiger partial charge in [0.05, 0.1) is 11.7 Å². The summed E-state index contributed by atoms with van der Waals surface area (Å²) in [5.41, 5.74) is 4.00. The number of aromatic amines is 2. The topological polar surface area (TPSA) is 98.5 Å². The third kappa shape index (κ3) is 3.02. The zero-order chi connectivity index (χ0) is 18.2. The van der Waals surface area contributed by atoms with Crippen molar-refractivity contribution >= 4 is 55.6 Å². The minimum absolute atomic E-state index is 0.247. The van der Waals surface area contributed by atoms with E-state index in [0.29, 0.717) is 16.5 Å². The SMILES string of the molecule is O=C(Nc1ccc2[nH]ncc2c1)c1csc(Nc2ccc3[nH]ccc3c2)n1. The molecule has 4 N–H and O–H groups in total. The minimum atomic E-state index is -0.247. The van der Waals surface area contributed by atoms with E-state index < -0.39 is 0 Å². The van der Waals surface area contributed by atoms with Crippen molar-refractivity contribution in [3.8, 4) is 0 Å². The lowest BCUT2D eigenvalue weighted by Gasteiger charge is -2.04. The van der Waals surface area contributed by atoms with Gasteiger partial charge >= 0.3 is 0 Å². The highest BCUT2D eigenvalue weighted by Crippen LogP contribution is 2.25. The molecule has 8 heteroatoms. The van der Waals surface area contributed by atoms with Crippen LogP contribution in [-0.4, -0.2) is 26.1 Å². The van der Waals surface area contributed by atoms with Crippen LogP contribution in [0.15, 0.2) is 60.2 Å². The van der Waals surface area contributed by atoms with Gasteiger partial charge in [0, 0.05) is 39.2 Å². The lowest BCUT2D eigenvalue weighted by molar-refractivity contribution is 0.102. The molecule has 0 unspecified atom stereocenters. The first-order valence-corrected chi connectivity index (χ1v) is 9.17. The van der Waals surface area contributed by atoms with Crippen LogP contribution in [0, 0.1) is 0 Å². The first-order chi connectivity index (χ1) is 13.2. The molecule has 5 aromatic rings. The van der Waals surface area contributed by atoms with Crippen molar-refractivity contribution in [1.29, 1.82) is 0 Å². The molecular formula is C19H14N6OS. The van der Waals surface area contributed by atoms with Gasteiger partial charge in [0.2, 0.25) is 0 Å². The highest BCUT2D eigenvalue weighted by atomic mass is 32.1. The summed E-state index contributed by atoms with van der Waals surface area (Å²) >= 11 is 1.39. The Morgan fingerprint density at radius 3 is 2.81 bits per heavy atom. The number of aromatic nitrogens is 4. The number of H-pyrrole nitrogens is 2. The van der Waals surface area contributed by atoms with Gasteiger partial charge in [0.25, 0.3) is 5.91 Å². The summed E-state index contributed by atoms with van der Waals surface area (Å²) in [6.07, 6.45) is 3.62. The molecule has 1 amide bonds. The zero-order valence-electron chi connectivity index (χ0n) is 14.0. The molecule has 0 atom stereocenters. The maximum atomic E-state index is 12.5. The van der Waals surface area contributed by atoms with Crippen LogP contribution < -0.4 is 10.6 Å². The van der Waals surface area contributed by atoms with E-state index in [1.165, 1.54) is 11.3 Å². The normalized spacial score (nSPS) is 11.1. The van der Waals surface area contributed by atoms with Gasteiger partial charge in [-0.2, -0.15) is 5.10 Å². The van der Waals surface area contributed by atoms with Crippen molar-refractivity contribution in [2.24, 2.45) is 0 Å². The molecule has 132 valence electrons. The number of anilines is 3. The van der Waals surface area contributed by atoms with Crippen molar-refractivity contribution in [2.45, 2.75) is 0 Å². The maximum Gasteiger partial charge on any atom is 0.275 e. The molecular weight excluding hydrogens is 360 g/mol. The summed E-state index contributed by atoms with van der Waals surface area (Å²) in [7, 11) is 0. The molecule has 2 aromatic carbocycles. The fourth-order valence-corrected chi connectivity index (χ4v) is 3.62. The minimum Gasteiger partial charge on any atom is -0.361 e. The lowest BCUT2D eigenvalue weighted by atomic mass is 10.2. The molecule has 0 aliphatic rings. The van der Waals surface area contributed by atoms with Gasteiger partial charge in [0.1, 0.15) is 5.69 Å². The van der Waals surface area contributed by atoms with E-state index in [1.807, 2.05) is 48.7 Å². The second kappa shape index (κ2) is 6.26. The Bertz CT molecular complexity index is 1270. The Labute approximate surface area is 157 Å². The van der Waals surface area contributed by atoms with Crippen LogP contribution in [0.3, 0.4) is 0 Å². The van der Waals surface area contributed by atoms with E-state index in [-0.39, 0.29) is 5.91 Å². The van der Waals surface area contributed by atoms with Gasteiger partial charge in [-0.1, -0.05) is 0 Å². The predicted molar refractivity (Wildman–Crippen MR) is 108 cm³/mol. The molecule has 0 bridgehead atoms. The number of rotatable bonds is 4. The number of benzene rings is 2. The molecule has 0 saturated heterocycles. The number of amides is 1. The number of hydrogen-bond donors (Lipinski definition) is 4. The van der Waals surface area contributed by atoms with Crippen LogP contribution in [0.4, 0.5) is 16.5 Å². The van der Waals surface area contributed by atoms with E-state index in [9.17, 15) is 4.79 Å². The molecule has 5 rings (SSSR count). The Morgan fingerprint density at radius 2 is 1.85 bits per heavy atom. The third-order valence-corrected chi connectivity index (χ3v) is 5.00. The number of carbonyl (C=O) groups excluding carboxylic acids is 1. The smallest absolute Gasteiger partial charge is 0.275 e. The van der Waals surface area contributed by atoms with Crippen molar-refractivity contribution in [2.75, 3.05) is 10.6 Å². The number of fused-ring (bicyclic) bond motifs is 2. The molecule has 0 saturated carbocycles. The number of nitrogens with zero attached hydrogens (tertiary/aromatic N) is 2. The zero-order valence-corrected chi connectivity index (χ0v) is 14.8. The van der Waals surface area contributed by atoms with Gasteiger partial charge in [-0.25, -0.2) is 4.98 Å². The molecule has 0 spiro atoms. The van der Waals surface area contributed by atoms with Crippen LogP contribution in [0.2, 0.25) is 0 Å². The Hall–Kier alpha value is -3.65. The third-order valence-electron chi connectivity index (χ3n) is 4.24. The van der Waals surface area contributed by atoms with Crippen LogP contribution in [-0.2, 0) is 0 Å². The Balaban J connectivity index is 1.32. The van der Waals surface area contributed by atoms with Crippen molar-refractivity contribution in [3.05, 3.63) is 65.9 Å². The maximum absolute atomic E-state index is 12.5. The van der Waals surface area contributed by atoms with Crippen LogP contribution in [0.25, 0.3) is 21.8 Å². The molecule has 27 heavy (non-hydrogen) atoms. The molecule has 0 fully saturated rings. The molecule has 0 aliphatic carbocycles. The average Bonchev–Trinajstić information content (AvgIpc) is 3.41. The number of carbonyl (C=O) groups is 1. The van der Waals surface area contributed by atoms with Crippen LogP contribution >= 0.6 is 11.3 Å². The summed E-state index contributed by atoms with van der Waals surface area (Å²) in [5.74, 6) is -0.247. The van der Waals surface area contributed by atoms with E-state index in [2.05, 4.69) is 30.8 Å². The van der Waals surface area contributed by atoms with Crippen LogP contribution in [0.5, 0.6) is 0 Å². The summed E-state index contributed by atoms with van der Waals surface area (Å²) < 4.78 is 0. The predicted octanol–water partition coefficient (Wildman–Crippen LogP) is 4.50. The average molecular weight is 374 g/mol. The molecule has 3 aromatic heterocycles. The first-order valence-electron chi connectivity index (χ1n) is 8.29. The Morgan fingerprint density at radius 1 is 1.00 bits per heavy atom. The van der Waals surface area contributed by atoms with Gasteiger partial charge in [0.15, 0.2) is 5.13 Å². The molecule has 7 nitrogen and oxygen atoms in total. The molecule has 0 radical (unpaired) electrons.